The summed E-state index contributed by atoms with van der Waals surface area (Å²) in [4.78, 5) is 50.3. The minimum atomic E-state index is -1.18. The van der Waals surface area contributed by atoms with Crippen molar-refractivity contribution < 1.29 is 33.4 Å². The lowest BCUT2D eigenvalue weighted by Crippen LogP contribution is -2.44. The smallest absolute Gasteiger partial charge is 0.348 e. The van der Waals surface area contributed by atoms with E-state index >= 15 is 0 Å². The van der Waals surface area contributed by atoms with Gasteiger partial charge in [0.2, 0.25) is 0 Å². The van der Waals surface area contributed by atoms with Crippen LogP contribution in [0, 0.1) is 11.3 Å². The van der Waals surface area contributed by atoms with Crippen LogP contribution in [0.2, 0.25) is 0 Å². The van der Waals surface area contributed by atoms with Gasteiger partial charge in [0.1, 0.15) is 17.7 Å². The number of hydrogen-bond donors (Lipinski definition) is 0. The van der Waals surface area contributed by atoms with Crippen LogP contribution in [0.5, 0.6) is 11.5 Å². The molecule has 0 saturated carbocycles. The lowest BCUT2D eigenvalue weighted by atomic mass is 10.1. The van der Waals surface area contributed by atoms with Crippen molar-refractivity contribution >= 4 is 29.8 Å². The topological polar surface area (TPSA) is 123 Å². The summed E-state index contributed by atoms with van der Waals surface area (Å²) >= 11 is 0. The first-order valence-electron chi connectivity index (χ1n) is 9.39. The number of carbonyl (C=O) groups is 4. The number of esters is 2. The lowest BCUT2D eigenvalue weighted by Gasteiger charge is -2.21. The van der Waals surface area contributed by atoms with Gasteiger partial charge in [-0.05, 0) is 42.8 Å². The number of amides is 2. The van der Waals surface area contributed by atoms with Crippen LogP contribution in [-0.2, 0) is 14.3 Å². The molecule has 0 radical (unpaired) electrons. The summed E-state index contributed by atoms with van der Waals surface area (Å²) in [5.74, 6) is -2.60. The molecule has 0 saturated heterocycles. The second-order valence-corrected chi connectivity index (χ2v) is 6.69. The molecule has 0 fully saturated rings. The molecule has 3 rings (SSSR count). The van der Waals surface area contributed by atoms with Gasteiger partial charge in [0.25, 0.3) is 11.8 Å². The molecule has 0 bridgehead atoms. The van der Waals surface area contributed by atoms with Crippen molar-refractivity contribution in [2.45, 2.75) is 13.0 Å². The number of imide groups is 1. The highest BCUT2D eigenvalue weighted by molar-refractivity contribution is 6.22. The minimum absolute atomic E-state index is 0.0367. The third-order valence-corrected chi connectivity index (χ3v) is 4.79. The molecule has 2 amide bonds. The van der Waals surface area contributed by atoms with Crippen LogP contribution in [-0.4, -0.2) is 48.9 Å². The summed E-state index contributed by atoms with van der Waals surface area (Å²) in [6.07, 6.45) is 1.29. The normalized spacial score (nSPS) is 13.8. The van der Waals surface area contributed by atoms with E-state index in [0.29, 0.717) is 5.56 Å². The molecule has 1 heterocycles. The molecule has 1 aliphatic heterocycles. The van der Waals surface area contributed by atoms with Crippen LogP contribution >= 0.6 is 0 Å². The highest BCUT2D eigenvalue weighted by Gasteiger charge is 2.41. The predicted octanol–water partition coefficient (Wildman–Crippen LogP) is 2.37. The number of hydrogen-bond acceptors (Lipinski definition) is 8. The molecular formula is C23H18N2O7. The zero-order valence-electron chi connectivity index (χ0n) is 17.4. The molecule has 0 unspecified atom stereocenters. The summed E-state index contributed by atoms with van der Waals surface area (Å²) in [6.45, 7) is 1.39. The number of ether oxygens (including phenoxy) is 3. The monoisotopic (exact) mass is 434 g/mol. The number of benzene rings is 2. The fourth-order valence-corrected chi connectivity index (χ4v) is 3.13. The first-order valence-corrected chi connectivity index (χ1v) is 9.39. The Labute approximate surface area is 183 Å². The fourth-order valence-electron chi connectivity index (χ4n) is 3.13. The van der Waals surface area contributed by atoms with E-state index in [1.165, 1.54) is 50.4 Å². The second-order valence-electron chi connectivity index (χ2n) is 6.69. The van der Waals surface area contributed by atoms with Crippen molar-refractivity contribution in [3.63, 3.8) is 0 Å². The quantitative estimate of drug-likeness (QED) is 0.223. The first-order chi connectivity index (χ1) is 15.3. The fraction of sp³-hybridized carbons (Fsp3) is 0.174. The van der Waals surface area contributed by atoms with E-state index in [2.05, 4.69) is 4.74 Å². The van der Waals surface area contributed by atoms with Gasteiger partial charge < -0.3 is 14.2 Å². The Morgan fingerprint density at radius 2 is 1.66 bits per heavy atom. The Morgan fingerprint density at radius 3 is 2.19 bits per heavy atom. The van der Waals surface area contributed by atoms with Crippen LogP contribution in [0.15, 0.2) is 48.0 Å². The van der Waals surface area contributed by atoms with Crippen molar-refractivity contribution in [1.29, 1.82) is 5.26 Å². The van der Waals surface area contributed by atoms with Crippen LogP contribution in [0.3, 0.4) is 0 Å². The highest BCUT2D eigenvalue weighted by atomic mass is 16.6. The maximum atomic E-state index is 12.7. The van der Waals surface area contributed by atoms with Crippen LogP contribution in [0.4, 0.5) is 0 Å². The van der Waals surface area contributed by atoms with E-state index in [1.807, 2.05) is 0 Å². The molecule has 0 aliphatic carbocycles. The number of rotatable bonds is 6. The van der Waals surface area contributed by atoms with E-state index in [9.17, 15) is 19.2 Å². The number of fused-ring (bicyclic) bond motifs is 1. The van der Waals surface area contributed by atoms with Crippen molar-refractivity contribution in [3.8, 4) is 17.6 Å². The molecule has 1 aliphatic rings. The van der Waals surface area contributed by atoms with Crippen LogP contribution in [0.25, 0.3) is 6.08 Å². The van der Waals surface area contributed by atoms with Gasteiger partial charge >= 0.3 is 11.9 Å². The van der Waals surface area contributed by atoms with Gasteiger partial charge in [-0.2, -0.15) is 5.26 Å². The third kappa shape index (κ3) is 4.06. The summed E-state index contributed by atoms with van der Waals surface area (Å²) < 4.78 is 15.1. The Morgan fingerprint density at radius 1 is 1.03 bits per heavy atom. The summed E-state index contributed by atoms with van der Waals surface area (Å²) in [7, 11) is 2.51. The van der Waals surface area contributed by atoms with Gasteiger partial charge in [-0.25, -0.2) is 9.59 Å². The molecule has 0 spiro atoms. The van der Waals surface area contributed by atoms with Crippen LogP contribution in [0.1, 0.15) is 33.2 Å². The van der Waals surface area contributed by atoms with E-state index in [1.54, 1.807) is 18.2 Å². The Hall–Kier alpha value is -4.45. The molecule has 1 atom stereocenters. The van der Waals surface area contributed by atoms with Crippen molar-refractivity contribution in [1.82, 2.24) is 4.90 Å². The molecule has 32 heavy (non-hydrogen) atoms. The maximum absolute atomic E-state index is 12.7. The van der Waals surface area contributed by atoms with Crippen molar-refractivity contribution in [3.05, 3.63) is 64.7 Å². The summed E-state index contributed by atoms with van der Waals surface area (Å²) in [6, 6.07) is 11.2. The second kappa shape index (κ2) is 9.14. The maximum Gasteiger partial charge on any atom is 0.348 e. The summed E-state index contributed by atoms with van der Waals surface area (Å²) in [5, 5.41) is 9.08. The molecule has 2 aromatic rings. The largest absolute Gasteiger partial charge is 0.493 e. The van der Waals surface area contributed by atoms with Gasteiger partial charge in [0.05, 0.1) is 25.3 Å². The first kappa shape index (κ1) is 22.2. The Kier molecular flexibility index (Phi) is 6.35. The zero-order valence-corrected chi connectivity index (χ0v) is 17.4. The van der Waals surface area contributed by atoms with Gasteiger partial charge in [0, 0.05) is 0 Å². The van der Waals surface area contributed by atoms with Crippen molar-refractivity contribution in [2.75, 3.05) is 14.2 Å². The number of carbonyl (C=O) groups excluding carboxylic acids is 4. The van der Waals surface area contributed by atoms with Gasteiger partial charge in [-0.15, -0.1) is 0 Å². The SMILES string of the molecule is COC(=O)/C(C#N)=C/c1ccc(OC(=O)[C@@H](C)N2C(=O)c3ccccc3C2=O)c(OC)c1. The molecular weight excluding hydrogens is 416 g/mol. The molecule has 162 valence electrons. The number of nitrogens with zero attached hydrogens (tertiary/aromatic N) is 2. The molecule has 2 aromatic carbocycles. The zero-order chi connectivity index (χ0) is 23.4. The Balaban J connectivity index is 1.81. The lowest BCUT2D eigenvalue weighted by molar-refractivity contribution is -0.138. The minimum Gasteiger partial charge on any atom is -0.493 e. The third-order valence-electron chi connectivity index (χ3n) is 4.79. The number of nitriles is 1. The van der Waals surface area contributed by atoms with Gasteiger partial charge in [-0.1, -0.05) is 18.2 Å². The standard InChI is InChI=1S/C23H18N2O7/c1-13(25-20(26)16-6-4-5-7-17(16)21(25)27)22(28)32-18-9-8-14(11-19(18)30-2)10-15(12-24)23(29)31-3/h4-11,13H,1-3H3/b15-10+/t13-/m1/s1. The Bertz CT molecular complexity index is 1160. The van der Waals surface area contributed by atoms with E-state index < -0.39 is 29.8 Å². The van der Waals surface area contributed by atoms with E-state index in [0.717, 1.165) is 12.0 Å². The average molecular weight is 434 g/mol. The van der Waals surface area contributed by atoms with E-state index in [-0.39, 0.29) is 28.2 Å². The van der Waals surface area contributed by atoms with Crippen molar-refractivity contribution in [2.24, 2.45) is 0 Å². The highest BCUT2D eigenvalue weighted by Crippen LogP contribution is 2.31. The number of methoxy groups -OCH3 is 2. The van der Waals surface area contributed by atoms with Gasteiger partial charge in [0.15, 0.2) is 11.5 Å². The molecule has 9 nitrogen and oxygen atoms in total. The van der Waals surface area contributed by atoms with Gasteiger partial charge in [-0.3, -0.25) is 14.5 Å². The van der Waals surface area contributed by atoms with Crippen LogP contribution < -0.4 is 9.47 Å². The molecule has 0 aromatic heterocycles. The summed E-state index contributed by atoms with van der Waals surface area (Å²) in [5.41, 5.74) is 0.657. The van der Waals surface area contributed by atoms with E-state index in [4.69, 9.17) is 14.7 Å². The average Bonchev–Trinajstić information content (AvgIpc) is 3.07. The predicted molar refractivity (Wildman–Crippen MR) is 111 cm³/mol. The molecule has 9 heteroatoms. The molecule has 0 N–H and O–H groups in total.